The van der Waals surface area contributed by atoms with Gasteiger partial charge < -0.3 is 10.2 Å². The molecule has 0 unspecified atom stereocenters. The topological polar surface area (TPSA) is 43.7 Å². The second-order valence-corrected chi connectivity index (χ2v) is 5.80. The van der Waals surface area contributed by atoms with Crippen molar-refractivity contribution in [2.75, 3.05) is 13.6 Å². The van der Waals surface area contributed by atoms with Crippen LogP contribution in [0.15, 0.2) is 30.3 Å². The molecule has 0 saturated carbocycles. The molecule has 4 heteroatoms. The van der Waals surface area contributed by atoms with Crippen LogP contribution >= 0.6 is 0 Å². The van der Waals surface area contributed by atoms with Crippen LogP contribution in [-0.2, 0) is 12.8 Å². The summed E-state index contributed by atoms with van der Waals surface area (Å²) in [5, 5.41) is 20.1. The number of phenolic OH excluding ortho intramolecular Hbond substituents is 2. The number of hydrogen-bond acceptors (Lipinski definition) is 3. The van der Waals surface area contributed by atoms with Gasteiger partial charge in [0.25, 0.3) is 0 Å². The van der Waals surface area contributed by atoms with Crippen molar-refractivity contribution < 1.29 is 10.2 Å². The van der Waals surface area contributed by atoms with Crippen molar-refractivity contribution in [1.29, 1.82) is 0 Å². The number of phenols is 2. The molecular formula is C17H18NNaO2. The van der Waals surface area contributed by atoms with Gasteiger partial charge in [-0.15, -0.1) is 0 Å². The Kier molecular flexibility index (Phi) is 3.78. The molecular weight excluding hydrogens is 273 g/mol. The first-order valence-corrected chi connectivity index (χ1v) is 7.03. The van der Waals surface area contributed by atoms with Crippen LogP contribution in [0.1, 0.15) is 22.7 Å². The Morgan fingerprint density at radius 2 is 1.90 bits per heavy atom. The van der Waals surface area contributed by atoms with E-state index in [9.17, 15) is 10.2 Å². The van der Waals surface area contributed by atoms with Gasteiger partial charge in [0.05, 0.1) is 0 Å². The van der Waals surface area contributed by atoms with E-state index < -0.39 is 0 Å². The van der Waals surface area contributed by atoms with E-state index in [1.54, 1.807) is 6.07 Å². The minimum atomic E-state index is -0.0380. The molecule has 2 aliphatic rings. The third-order valence-corrected chi connectivity index (χ3v) is 4.72. The molecule has 104 valence electrons. The average molecular weight is 291 g/mol. The molecule has 0 spiro atoms. The first kappa shape index (κ1) is 14.9. The Morgan fingerprint density at radius 1 is 1.10 bits per heavy atom. The molecule has 3 nitrogen and oxygen atoms in total. The summed E-state index contributed by atoms with van der Waals surface area (Å²) in [6.45, 7) is 1.07. The number of fused-ring (bicyclic) bond motifs is 2. The Bertz CT molecular complexity index is 714. The summed E-state index contributed by atoms with van der Waals surface area (Å²) >= 11 is 0. The first-order valence-electron chi connectivity index (χ1n) is 7.03. The second kappa shape index (κ2) is 5.33. The normalized spacial score (nSPS) is 19.4. The van der Waals surface area contributed by atoms with Crippen molar-refractivity contribution in [2.24, 2.45) is 0 Å². The van der Waals surface area contributed by atoms with Crippen LogP contribution in [0.4, 0.5) is 0 Å². The number of likely N-dealkylation sites (N-methyl/N-ethyl adjacent to an activating group) is 1. The molecule has 1 aliphatic carbocycles. The van der Waals surface area contributed by atoms with Crippen LogP contribution in [0.2, 0.25) is 0 Å². The molecule has 21 heavy (non-hydrogen) atoms. The summed E-state index contributed by atoms with van der Waals surface area (Å²) in [6, 6.07) is 10.2. The van der Waals surface area contributed by atoms with E-state index in [1.165, 1.54) is 11.1 Å². The maximum absolute atomic E-state index is 10.3. The summed E-state index contributed by atoms with van der Waals surface area (Å²) in [4.78, 5) is 2.39. The Labute approximate surface area is 146 Å². The van der Waals surface area contributed by atoms with Crippen molar-refractivity contribution in [3.8, 4) is 22.6 Å². The molecule has 0 radical (unpaired) electrons. The van der Waals surface area contributed by atoms with Gasteiger partial charge in [-0.2, -0.15) is 0 Å². The molecule has 1 aliphatic heterocycles. The van der Waals surface area contributed by atoms with E-state index in [0.29, 0.717) is 6.04 Å². The number of benzene rings is 2. The summed E-state index contributed by atoms with van der Waals surface area (Å²) in [7, 11) is 2.16. The van der Waals surface area contributed by atoms with Gasteiger partial charge >= 0.3 is 29.6 Å². The molecule has 0 saturated heterocycles. The Hall–Kier alpha value is -1.00. The second-order valence-electron chi connectivity index (χ2n) is 5.80. The Balaban J connectivity index is 0.00000132. The fourth-order valence-corrected chi connectivity index (χ4v) is 3.67. The molecule has 0 aromatic heterocycles. The molecule has 2 aromatic rings. The molecule has 0 fully saturated rings. The zero-order chi connectivity index (χ0) is 13.9. The quantitative estimate of drug-likeness (QED) is 0.578. The maximum atomic E-state index is 10.3. The molecule has 0 amide bonds. The van der Waals surface area contributed by atoms with Crippen LogP contribution in [0, 0.1) is 0 Å². The van der Waals surface area contributed by atoms with E-state index in [0.717, 1.165) is 36.1 Å². The van der Waals surface area contributed by atoms with Crippen molar-refractivity contribution in [2.45, 2.75) is 18.9 Å². The van der Waals surface area contributed by atoms with Gasteiger partial charge in [0.1, 0.15) is 0 Å². The summed E-state index contributed by atoms with van der Waals surface area (Å²) in [5.41, 5.74) is 5.71. The standard InChI is InChI=1S/C17H17NO2.Na.H/c1-18-8-7-10-3-2-4-12-15(10)13(18)9-11-5-6-14(19)17(20)16(11)12;;/h2-6,13,19-20H,7-9H2,1H3;;/t13-;;/m1../s1. The summed E-state index contributed by atoms with van der Waals surface area (Å²) in [6.07, 6.45) is 1.94. The van der Waals surface area contributed by atoms with Gasteiger partial charge in [0.2, 0.25) is 0 Å². The third kappa shape index (κ3) is 2.11. The van der Waals surface area contributed by atoms with Gasteiger partial charge in [-0.05, 0) is 48.2 Å². The number of aromatic hydroxyl groups is 2. The van der Waals surface area contributed by atoms with Crippen molar-refractivity contribution in [1.82, 2.24) is 4.90 Å². The average Bonchev–Trinajstić information content (AvgIpc) is 2.46. The number of rotatable bonds is 0. The molecule has 2 aromatic carbocycles. The van der Waals surface area contributed by atoms with E-state index in [1.807, 2.05) is 6.07 Å². The van der Waals surface area contributed by atoms with Crippen molar-refractivity contribution in [3.05, 3.63) is 47.0 Å². The monoisotopic (exact) mass is 291 g/mol. The van der Waals surface area contributed by atoms with Gasteiger partial charge in [0.15, 0.2) is 11.5 Å². The van der Waals surface area contributed by atoms with E-state index in [4.69, 9.17) is 0 Å². The molecule has 4 rings (SSSR count). The fraction of sp³-hybridized carbons (Fsp3) is 0.294. The summed E-state index contributed by atoms with van der Waals surface area (Å²) < 4.78 is 0. The molecule has 1 atom stereocenters. The molecule has 1 heterocycles. The van der Waals surface area contributed by atoms with Gasteiger partial charge in [-0.25, -0.2) is 0 Å². The van der Waals surface area contributed by atoms with Crippen LogP contribution in [0.3, 0.4) is 0 Å². The van der Waals surface area contributed by atoms with Gasteiger partial charge in [-0.3, -0.25) is 4.90 Å². The zero-order valence-electron chi connectivity index (χ0n) is 11.4. The zero-order valence-corrected chi connectivity index (χ0v) is 11.4. The van der Waals surface area contributed by atoms with Gasteiger partial charge in [-0.1, -0.05) is 24.3 Å². The number of hydrogen-bond donors (Lipinski definition) is 2. The van der Waals surface area contributed by atoms with Crippen molar-refractivity contribution in [3.63, 3.8) is 0 Å². The van der Waals surface area contributed by atoms with E-state index >= 15 is 0 Å². The molecule has 2 N–H and O–H groups in total. The Morgan fingerprint density at radius 3 is 2.71 bits per heavy atom. The molecule has 0 bridgehead atoms. The first-order chi connectivity index (χ1) is 9.66. The van der Waals surface area contributed by atoms with E-state index in [-0.39, 0.29) is 41.1 Å². The summed E-state index contributed by atoms with van der Waals surface area (Å²) in [5.74, 6) is -0.0217. The fourth-order valence-electron chi connectivity index (χ4n) is 3.67. The minimum absolute atomic E-state index is 0. The van der Waals surface area contributed by atoms with Crippen LogP contribution in [-0.4, -0.2) is 58.3 Å². The number of nitrogens with zero attached hydrogens (tertiary/aromatic N) is 1. The van der Waals surface area contributed by atoms with Crippen LogP contribution < -0.4 is 0 Å². The van der Waals surface area contributed by atoms with Crippen LogP contribution in [0.5, 0.6) is 11.5 Å². The van der Waals surface area contributed by atoms with E-state index in [2.05, 4.69) is 30.1 Å². The SMILES string of the molecule is CN1CCc2cccc3c2[C@H]1Cc1ccc(O)c(O)c1-3.[NaH]. The van der Waals surface area contributed by atoms with Gasteiger partial charge in [0, 0.05) is 18.2 Å². The van der Waals surface area contributed by atoms with Crippen LogP contribution in [0.25, 0.3) is 11.1 Å². The van der Waals surface area contributed by atoms with Crippen molar-refractivity contribution >= 4 is 29.6 Å². The predicted molar refractivity (Wildman–Crippen MR) is 85.1 cm³/mol. The predicted octanol–water partition coefficient (Wildman–Crippen LogP) is 2.20. The third-order valence-electron chi connectivity index (χ3n) is 4.72.